The number of amides is 2. The van der Waals surface area contributed by atoms with Crippen LogP contribution in [-0.4, -0.2) is 36.6 Å². The maximum absolute atomic E-state index is 13.4. The molecule has 2 rings (SSSR count). The summed E-state index contributed by atoms with van der Waals surface area (Å²) < 4.78 is 18.2. The molecule has 1 aliphatic rings. The van der Waals surface area contributed by atoms with Gasteiger partial charge < -0.3 is 20.7 Å². The summed E-state index contributed by atoms with van der Waals surface area (Å²) in [6, 6.07) is 3.99. The summed E-state index contributed by atoms with van der Waals surface area (Å²) in [7, 11) is 0. The van der Waals surface area contributed by atoms with Crippen molar-refractivity contribution in [2.75, 3.05) is 30.7 Å². The summed E-state index contributed by atoms with van der Waals surface area (Å²) >= 11 is 0. The SMILES string of the molecule is Nc1ccc(F)c(NC(=O)CCCN2CCOC2=O)c1. The number of hydrogen-bond acceptors (Lipinski definition) is 4. The smallest absolute Gasteiger partial charge is 0.409 e. The lowest BCUT2D eigenvalue weighted by molar-refractivity contribution is -0.116. The predicted octanol–water partition coefficient (Wildman–Crippen LogP) is 1.58. The number of carbonyl (C=O) groups excluding carboxylic acids is 2. The Kier molecular flexibility index (Phi) is 4.39. The molecule has 0 saturated carbocycles. The molecule has 0 aromatic heterocycles. The number of nitrogens with two attached hydrogens (primary N) is 1. The number of nitrogen functional groups attached to an aromatic ring is 1. The fourth-order valence-corrected chi connectivity index (χ4v) is 1.91. The van der Waals surface area contributed by atoms with Crippen molar-refractivity contribution in [2.45, 2.75) is 12.8 Å². The number of hydrogen-bond donors (Lipinski definition) is 2. The van der Waals surface area contributed by atoms with Gasteiger partial charge in [0.1, 0.15) is 12.4 Å². The van der Waals surface area contributed by atoms with E-state index in [1.807, 2.05) is 0 Å². The summed E-state index contributed by atoms with van der Waals surface area (Å²) in [6.07, 6.45) is 0.329. The van der Waals surface area contributed by atoms with Crippen LogP contribution in [0.15, 0.2) is 18.2 Å². The van der Waals surface area contributed by atoms with Gasteiger partial charge in [0.25, 0.3) is 0 Å². The maximum atomic E-state index is 13.4. The number of halogens is 1. The van der Waals surface area contributed by atoms with Crippen LogP contribution >= 0.6 is 0 Å². The molecule has 1 aromatic rings. The van der Waals surface area contributed by atoms with Crippen molar-refractivity contribution >= 4 is 23.4 Å². The van der Waals surface area contributed by atoms with E-state index in [9.17, 15) is 14.0 Å². The van der Waals surface area contributed by atoms with Gasteiger partial charge in [-0.3, -0.25) is 4.79 Å². The first-order valence-corrected chi connectivity index (χ1v) is 6.33. The van der Waals surface area contributed by atoms with Crippen molar-refractivity contribution < 1.29 is 18.7 Å². The molecule has 2 amide bonds. The van der Waals surface area contributed by atoms with Crippen molar-refractivity contribution in [1.82, 2.24) is 4.90 Å². The number of benzene rings is 1. The predicted molar refractivity (Wildman–Crippen MR) is 71.6 cm³/mol. The lowest BCUT2D eigenvalue weighted by Gasteiger charge is -2.12. The number of ether oxygens (including phenoxy) is 1. The highest BCUT2D eigenvalue weighted by Gasteiger charge is 2.21. The number of anilines is 2. The third kappa shape index (κ3) is 3.59. The fourth-order valence-electron chi connectivity index (χ4n) is 1.91. The number of nitrogens with one attached hydrogen (secondary N) is 1. The minimum absolute atomic E-state index is 0.0654. The highest BCUT2D eigenvalue weighted by molar-refractivity contribution is 5.91. The minimum Gasteiger partial charge on any atom is -0.448 e. The zero-order valence-electron chi connectivity index (χ0n) is 10.9. The largest absolute Gasteiger partial charge is 0.448 e. The van der Waals surface area contributed by atoms with Gasteiger partial charge in [-0.05, 0) is 24.6 Å². The monoisotopic (exact) mass is 281 g/mol. The van der Waals surface area contributed by atoms with Crippen LogP contribution in [-0.2, 0) is 9.53 Å². The summed E-state index contributed by atoms with van der Waals surface area (Å²) in [5.41, 5.74) is 5.97. The third-order valence-corrected chi connectivity index (χ3v) is 2.94. The van der Waals surface area contributed by atoms with Crippen LogP contribution in [0.5, 0.6) is 0 Å². The average molecular weight is 281 g/mol. The molecule has 0 radical (unpaired) electrons. The van der Waals surface area contributed by atoms with E-state index in [4.69, 9.17) is 10.5 Å². The number of carbonyl (C=O) groups is 2. The fraction of sp³-hybridized carbons (Fsp3) is 0.385. The second-order valence-corrected chi connectivity index (χ2v) is 4.49. The van der Waals surface area contributed by atoms with Gasteiger partial charge in [-0.2, -0.15) is 0 Å². The molecule has 108 valence electrons. The molecule has 1 saturated heterocycles. The first-order chi connectivity index (χ1) is 9.56. The van der Waals surface area contributed by atoms with Crippen molar-refractivity contribution in [3.63, 3.8) is 0 Å². The van der Waals surface area contributed by atoms with Gasteiger partial charge in [0, 0.05) is 18.7 Å². The lowest BCUT2D eigenvalue weighted by Crippen LogP contribution is -2.26. The molecule has 0 spiro atoms. The number of rotatable bonds is 5. The molecule has 0 aliphatic carbocycles. The summed E-state index contributed by atoms with van der Waals surface area (Å²) in [5.74, 6) is -0.849. The van der Waals surface area contributed by atoms with Crippen molar-refractivity contribution in [3.8, 4) is 0 Å². The molecule has 3 N–H and O–H groups in total. The number of cyclic esters (lactones) is 1. The van der Waals surface area contributed by atoms with E-state index in [0.29, 0.717) is 31.8 Å². The molecule has 1 heterocycles. The Hall–Kier alpha value is -2.31. The quantitative estimate of drug-likeness (QED) is 0.802. The zero-order chi connectivity index (χ0) is 14.5. The van der Waals surface area contributed by atoms with E-state index in [1.54, 1.807) is 0 Å². The van der Waals surface area contributed by atoms with Gasteiger partial charge in [-0.25, -0.2) is 9.18 Å². The van der Waals surface area contributed by atoms with E-state index in [2.05, 4.69) is 5.32 Å². The van der Waals surface area contributed by atoms with Crippen LogP contribution < -0.4 is 11.1 Å². The number of nitrogens with zero attached hydrogens (tertiary/aromatic N) is 1. The summed E-state index contributed by atoms with van der Waals surface area (Å²) in [4.78, 5) is 24.4. The molecular formula is C13H16FN3O3. The van der Waals surface area contributed by atoms with E-state index < -0.39 is 5.82 Å². The molecule has 20 heavy (non-hydrogen) atoms. The van der Waals surface area contributed by atoms with Gasteiger partial charge in [-0.15, -0.1) is 0 Å². The Morgan fingerprint density at radius 1 is 1.50 bits per heavy atom. The van der Waals surface area contributed by atoms with Gasteiger partial charge in [0.15, 0.2) is 0 Å². The molecular weight excluding hydrogens is 265 g/mol. The van der Waals surface area contributed by atoms with Crippen LogP contribution in [0.25, 0.3) is 0 Å². The van der Waals surface area contributed by atoms with E-state index in [0.717, 1.165) is 0 Å². The van der Waals surface area contributed by atoms with Gasteiger partial charge >= 0.3 is 6.09 Å². The van der Waals surface area contributed by atoms with Crippen LogP contribution in [0.1, 0.15) is 12.8 Å². The Morgan fingerprint density at radius 3 is 3.00 bits per heavy atom. The van der Waals surface area contributed by atoms with Crippen LogP contribution in [0.3, 0.4) is 0 Å². The standard InChI is InChI=1S/C13H16FN3O3/c14-10-4-3-9(15)8-11(10)16-12(18)2-1-5-17-6-7-20-13(17)19/h3-4,8H,1-2,5-7,15H2,(H,16,18). The Morgan fingerprint density at radius 2 is 2.30 bits per heavy atom. The average Bonchev–Trinajstić information content (AvgIpc) is 2.80. The van der Waals surface area contributed by atoms with Gasteiger partial charge in [-0.1, -0.05) is 0 Å². The zero-order valence-corrected chi connectivity index (χ0v) is 10.9. The highest BCUT2D eigenvalue weighted by Crippen LogP contribution is 2.17. The first-order valence-electron chi connectivity index (χ1n) is 6.33. The molecule has 1 aliphatic heterocycles. The first kappa shape index (κ1) is 14.1. The third-order valence-electron chi connectivity index (χ3n) is 2.94. The van der Waals surface area contributed by atoms with Gasteiger partial charge in [0.2, 0.25) is 5.91 Å². The molecule has 0 atom stereocenters. The lowest BCUT2D eigenvalue weighted by atomic mass is 10.2. The second kappa shape index (κ2) is 6.23. The normalized spacial score (nSPS) is 14.2. The molecule has 7 heteroatoms. The van der Waals surface area contributed by atoms with Crippen molar-refractivity contribution in [2.24, 2.45) is 0 Å². The van der Waals surface area contributed by atoms with E-state index in [1.165, 1.54) is 23.1 Å². The van der Waals surface area contributed by atoms with Crippen molar-refractivity contribution in [3.05, 3.63) is 24.0 Å². The molecule has 6 nitrogen and oxygen atoms in total. The minimum atomic E-state index is -0.532. The summed E-state index contributed by atoms with van der Waals surface area (Å²) in [5, 5.41) is 2.46. The Bertz CT molecular complexity index is 522. The molecule has 1 aromatic carbocycles. The van der Waals surface area contributed by atoms with Crippen LogP contribution in [0.2, 0.25) is 0 Å². The Balaban J connectivity index is 1.77. The topological polar surface area (TPSA) is 84.7 Å². The molecule has 1 fully saturated rings. The van der Waals surface area contributed by atoms with E-state index >= 15 is 0 Å². The molecule has 0 bridgehead atoms. The van der Waals surface area contributed by atoms with Gasteiger partial charge in [0.05, 0.1) is 12.2 Å². The van der Waals surface area contributed by atoms with Crippen molar-refractivity contribution in [1.29, 1.82) is 0 Å². The van der Waals surface area contributed by atoms with E-state index in [-0.39, 0.29) is 24.1 Å². The second-order valence-electron chi connectivity index (χ2n) is 4.49. The van der Waals surface area contributed by atoms with Crippen LogP contribution in [0.4, 0.5) is 20.6 Å². The Labute approximate surface area is 115 Å². The summed E-state index contributed by atoms with van der Waals surface area (Å²) in [6.45, 7) is 1.38. The van der Waals surface area contributed by atoms with Crippen LogP contribution in [0, 0.1) is 5.82 Å². The maximum Gasteiger partial charge on any atom is 0.409 e. The highest BCUT2D eigenvalue weighted by atomic mass is 19.1. The molecule has 0 unspecified atom stereocenters.